The first-order chi connectivity index (χ1) is 9.17. The molecule has 2 heterocycles. The van der Waals surface area contributed by atoms with E-state index in [2.05, 4.69) is 16.4 Å². The summed E-state index contributed by atoms with van der Waals surface area (Å²) < 4.78 is 0. The van der Waals surface area contributed by atoms with Gasteiger partial charge >= 0.3 is 0 Å². The molecule has 0 radical (unpaired) electrons. The molecule has 0 saturated carbocycles. The predicted octanol–water partition coefficient (Wildman–Crippen LogP) is 3.23. The van der Waals surface area contributed by atoms with E-state index in [1.165, 1.54) is 16.2 Å². The maximum atomic E-state index is 11.9. The molecule has 19 heavy (non-hydrogen) atoms. The van der Waals surface area contributed by atoms with Crippen molar-refractivity contribution < 1.29 is 4.79 Å². The number of hydrogen-bond donors (Lipinski definition) is 1. The van der Waals surface area contributed by atoms with Gasteiger partial charge in [-0.3, -0.25) is 4.79 Å². The Hall–Kier alpha value is -0.910. The van der Waals surface area contributed by atoms with Crippen molar-refractivity contribution in [1.29, 1.82) is 0 Å². The fourth-order valence-electron chi connectivity index (χ4n) is 1.74. The lowest BCUT2D eigenvalue weighted by Gasteiger charge is -2.12. The quantitative estimate of drug-likeness (QED) is 0.832. The number of nitrogens with zero attached hydrogens (tertiary/aromatic N) is 1. The van der Waals surface area contributed by atoms with E-state index in [-0.39, 0.29) is 11.9 Å². The highest BCUT2D eigenvalue weighted by atomic mass is 35.5. The molecule has 6 heteroatoms. The first kappa shape index (κ1) is 14.5. The highest BCUT2D eigenvalue weighted by molar-refractivity contribution is 7.10. The average molecular weight is 315 g/mol. The van der Waals surface area contributed by atoms with Crippen molar-refractivity contribution in [3.63, 3.8) is 0 Å². The fraction of sp³-hybridized carbons (Fsp3) is 0.385. The molecule has 0 fully saturated rings. The highest BCUT2D eigenvalue weighted by Crippen LogP contribution is 2.13. The molecule has 2 rings (SSSR count). The second kappa shape index (κ2) is 7.03. The standard InChI is InChI=1S/C13H15ClN2OS2/c1-9(5-11-3-2-4-18-11)15-12(17)6-13-16-10(7-14)8-19-13/h2-4,8-9H,5-7H2,1H3,(H,15,17). The van der Waals surface area contributed by atoms with Crippen LogP contribution in [0.1, 0.15) is 22.5 Å². The Balaban J connectivity index is 1.80. The van der Waals surface area contributed by atoms with Gasteiger partial charge in [0.25, 0.3) is 0 Å². The highest BCUT2D eigenvalue weighted by Gasteiger charge is 2.11. The maximum absolute atomic E-state index is 11.9. The smallest absolute Gasteiger partial charge is 0.227 e. The van der Waals surface area contributed by atoms with Crippen molar-refractivity contribution in [2.45, 2.75) is 31.7 Å². The van der Waals surface area contributed by atoms with Gasteiger partial charge in [-0.05, 0) is 18.4 Å². The summed E-state index contributed by atoms with van der Waals surface area (Å²) >= 11 is 8.88. The Morgan fingerprint density at radius 3 is 3.00 bits per heavy atom. The van der Waals surface area contributed by atoms with Gasteiger partial charge in [0.15, 0.2) is 0 Å². The van der Waals surface area contributed by atoms with Crippen LogP contribution in [0.25, 0.3) is 0 Å². The van der Waals surface area contributed by atoms with Crippen molar-refractivity contribution >= 4 is 40.2 Å². The molecule has 2 aromatic rings. The minimum absolute atomic E-state index is 0.0135. The summed E-state index contributed by atoms with van der Waals surface area (Å²) in [5, 5.41) is 7.75. The topological polar surface area (TPSA) is 42.0 Å². The molecule has 0 aliphatic heterocycles. The number of amides is 1. The van der Waals surface area contributed by atoms with E-state index in [1.54, 1.807) is 11.3 Å². The normalized spacial score (nSPS) is 12.3. The Kier molecular flexibility index (Phi) is 5.36. The number of rotatable bonds is 6. The van der Waals surface area contributed by atoms with Crippen LogP contribution in [0.2, 0.25) is 0 Å². The fourth-order valence-corrected chi connectivity index (χ4v) is 3.59. The van der Waals surface area contributed by atoms with Gasteiger partial charge in [-0.15, -0.1) is 34.3 Å². The zero-order valence-corrected chi connectivity index (χ0v) is 12.9. The largest absolute Gasteiger partial charge is 0.353 e. The Morgan fingerprint density at radius 2 is 2.37 bits per heavy atom. The summed E-state index contributed by atoms with van der Waals surface area (Å²) in [4.78, 5) is 17.4. The molecule has 102 valence electrons. The molecular weight excluding hydrogens is 300 g/mol. The number of aromatic nitrogens is 1. The molecular formula is C13H15ClN2OS2. The first-order valence-electron chi connectivity index (χ1n) is 5.98. The molecule has 1 unspecified atom stereocenters. The van der Waals surface area contributed by atoms with E-state index in [9.17, 15) is 4.79 Å². The van der Waals surface area contributed by atoms with Gasteiger partial charge in [0.05, 0.1) is 18.0 Å². The lowest BCUT2D eigenvalue weighted by molar-refractivity contribution is -0.121. The number of hydrogen-bond acceptors (Lipinski definition) is 4. The summed E-state index contributed by atoms with van der Waals surface area (Å²) in [6.45, 7) is 2.02. The first-order valence-corrected chi connectivity index (χ1v) is 8.27. The van der Waals surface area contributed by atoms with Crippen LogP contribution in [0.15, 0.2) is 22.9 Å². The lowest BCUT2D eigenvalue weighted by Crippen LogP contribution is -2.34. The summed E-state index contributed by atoms with van der Waals surface area (Å²) in [5.41, 5.74) is 0.834. The Morgan fingerprint density at radius 1 is 1.53 bits per heavy atom. The number of halogens is 1. The van der Waals surface area contributed by atoms with Gasteiger partial charge in [0.1, 0.15) is 5.01 Å². The second-order valence-electron chi connectivity index (χ2n) is 4.30. The Labute approximate surface area is 125 Å². The van der Waals surface area contributed by atoms with Crippen LogP contribution in [0.3, 0.4) is 0 Å². The van der Waals surface area contributed by atoms with E-state index in [0.29, 0.717) is 12.3 Å². The van der Waals surface area contributed by atoms with Crippen LogP contribution < -0.4 is 5.32 Å². The van der Waals surface area contributed by atoms with Gasteiger partial charge in [0, 0.05) is 22.7 Å². The monoisotopic (exact) mass is 314 g/mol. The van der Waals surface area contributed by atoms with E-state index in [4.69, 9.17) is 11.6 Å². The van der Waals surface area contributed by atoms with E-state index < -0.39 is 0 Å². The van der Waals surface area contributed by atoms with Crippen molar-refractivity contribution in [1.82, 2.24) is 10.3 Å². The third-order valence-corrected chi connectivity index (χ3v) is 4.61. The van der Waals surface area contributed by atoms with Crippen LogP contribution in [0.5, 0.6) is 0 Å². The number of thiophene rings is 1. The number of carbonyl (C=O) groups is 1. The van der Waals surface area contributed by atoms with Crippen molar-refractivity contribution in [3.05, 3.63) is 38.5 Å². The van der Waals surface area contributed by atoms with Gasteiger partial charge in [-0.2, -0.15) is 0 Å². The molecule has 0 aliphatic carbocycles. The van der Waals surface area contributed by atoms with Crippen LogP contribution in [0.4, 0.5) is 0 Å². The summed E-state index contributed by atoms with van der Waals surface area (Å²) in [5.74, 6) is 0.409. The zero-order chi connectivity index (χ0) is 13.7. The van der Waals surface area contributed by atoms with Crippen molar-refractivity contribution in [3.8, 4) is 0 Å². The van der Waals surface area contributed by atoms with Gasteiger partial charge in [-0.25, -0.2) is 4.98 Å². The SMILES string of the molecule is CC(Cc1cccs1)NC(=O)Cc1nc(CCl)cs1. The molecule has 0 bridgehead atoms. The molecule has 1 N–H and O–H groups in total. The van der Waals surface area contributed by atoms with Crippen LogP contribution >= 0.6 is 34.3 Å². The predicted molar refractivity (Wildman–Crippen MR) is 81.0 cm³/mol. The second-order valence-corrected chi connectivity index (χ2v) is 6.54. The molecule has 3 nitrogen and oxygen atoms in total. The van der Waals surface area contributed by atoms with Gasteiger partial charge < -0.3 is 5.32 Å². The molecule has 0 aliphatic rings. The third kappa shape index (κ3) is 4.60. The summed E-state index contributed by atoms with van der Waals surface area (Å²) in [7, 11) is 0. The van der Waals surface area contributed by atoms with Gasteiger partial charge in [0.2, 0.25) is 5.91 Å². The third-order valence-electron chi connectivity index (χ3n) is 2.54. The molecule has 1 amide bonds. The molecule has 0 aromatic carbocycles. The summed E-state index contributed by atoms with van der Waals surface area (Å²) in [6.07, 6.45) is 1.20. The number of alkyl halides is 1. The molecule has 0 spiro atoms. The minimum Gasteiger partial charge on any atom is -0.353 e. The maximum Gasteiger partial charge on any atom is 0.227 e. The summed E-state index contributed by atoms with van der Waals surface area (Å²) in [6, 6.07) is 4.25. The number of carbonyl (C=O) groups excluding carboxylic acids is 1. The Bertz CT molecular complexity index is 524. The number of thiazole rings is 1. The van der Waals surface area contributed by atoms with Crippen LogP contribution in [-0.4, -0.2) is 16.9 Å². The van der Waals surface area contributed by atoms with E-state index >= 15 is 0 Å². The molecule has 1 atom stereocenters. The van der Waals surface area contributed by atoms with Crippen LogP contribution in [0, 0.1) is 0 Å². The minimum atomic E-state index is 0.0135. The average Bonchev–Trinajstić information content (AvgIpc) is 3.00. The van der Waals surface area contributed by atoms with Crippen molar-refractivity contribution in [2.75, 3.05) is 0 Å². The number of nitrogens with one attached hydrogen (secondary N) is 1. The van der Waals surface area contributed by atoms with Crippen LogP contribution in [-0.2, 0) is 23.5 Å². The van der Waals surface area contributed by atoms with Gasteiger partial charge in [-0.1, -0.05) is 6.07 Å². The van der Waals surface area contributed by atoms with Crippen molar-refractivity contribution in [2.24, 2.45) is 0 Å². The van der Waals surface area contributed by atoms with E-state index in [0.717, 1.165) is 17.1 Å². The lowest BCUT2D eigenvalue weighted by atomic mass is 10.2. The zero-order valence-electron chi connectivity index (χ0n) is 10.6. The van der Waals surface area contributed by atoms with E-state index in [1.807, 2.05) is 23.8 Å². The molecule has 0 saturated heterocycles. The molecule has 2 aromatic heterocycles.